The Hall–Kier alpha value is -5.48. The number of nitrogens with one attached hydrogen (secondary N) is 1. The molecule has 0 aliphatic carbocycles. The van der Waals surface area contributed by atoms with Crippen LogP contribution >= 0.6 is 23.1 Å². The van der Waals surface area contributed by atoms with Crippen molar-refractivity contribution in [3.05, 3.63) is 107 Å². The first-order valence-corrected chi connectivity index (χ1v) is 17.5. The lowest BCUT2D eigenvalue weighted by molar-refractivity contribution is -0.173. The van der Waals surface area contributed by atoms with E-state index in [1.54, 1.807) is 20.8 Å². The second-order valence-electron chi connectivity index (χ2n) is 12.1. The van der Waals surface area contributed by atoms with E-state index in [4.69, 9.17) is 24.8 Å². The Morgan fingerprint density at radius 1 is 1.08 bits per heavy atom. The molecule has 2 atom stereocenters. The molecule has 0 radical (unpaired) electrons. The van der Waals surface area contributed by atoms with Gasteiger partial charge >= 0.3 is 17.9 Å². The molecule has 5 rings (SSSR count). The molecule has 2 amide bonds. The first kappa shape index (κ1) is 36.8. The molecule has 3 N–H and O–H groups in total. The van der Waals surface area contributed by atoms with E-state index in [9.17, 15) is 24.0 Å². The van der Waals surface area contributed by atoms with Crippen LogP contribution in [0.1, 0.15) is 43.7 Å². The summed E-state index contributed by atoms with van der Waals surface area (Å²) in [5.41, 5.74) is 6.57. The van der Waals surface area contributed by atoms with Crippen LogP contribution in [0.5, 0.6) is 0 Å². The quantitative estimate of drug-likeness (QED) is 0.0854. The number of thioether (sulfide) groups is 1. The number of aromatic nitrogens is 1. The summed E-state index contributed by atoms with van der Waals surface area (Å²) in [6.07, 6.45) is 0.715. The van der Waals surface area contributed by atoms with Gasteiger partial charge in [-0.25, -0.2) is 14.6 Å². The Bertz CT molecular complexity index is 1830. The largest absolute Gasteiger partial charge is 0.450 e. The van der Waals surface area contributed by atoms with Gasteiger partial charge < -0.3 is 30.1 Å². The number of hydrogen-bond donors (Lipinski definition) is 2. The summed E-state index contributed by atoms with van der Waals surface area (Å²) in [5, 5.41) is 7.46. The molecule has 16 heteroatoms. The van der Waals surface area contributed by atoms with Crippen LogP contribution in [0.3, 0.4) is 0 Å². The molecule has 51 heavy (non-hydrogen) atoms. The van der Waals surface area contributed by atoms with Gasteiger partial charge in [0.25, 0.3) is 11.8 Å². The fraction of sp³-hybridized carbons (Fsp3) is 0.286. The summed E-state index contributed by atoms with van der Waals surface area (Å²) in [6, 6.07) is 17.3. The number of nitrogens with zero attached hydrogens (tertiary/aromatic N) is 3. The summed E-state index contributed by atoms with van der Waals surface area (Å²) < 4.78 is 15.9. The lowest BCUT2D eigenvalue weighted by atomic mass is 9.98. The summed E-state index contributed by atoms with van der Waals surface area (Å²) in [5.74, 6) is -3.38. The van der Waals surface area contributed by atoms with E-state index in [0.29, 0.717) is 5.57 Å². The van der Waals surface area contributed by atoms with Crippen molar-refractivity contribution in [1.82, 2.24) is 15.2 Å². The number of amides is 2. The monoisotopic (exact) mass is 733 g/mol. The van der Waals surface area contributed by atoms with Gasteiger partial charge in [-0.1, -0.05) is 78.5 Å². The van der Waals surface area contributed by atoms with Gasteiger partial charge in [0, 0.05) is 11.1 Å². The number of nitrogen functional groups attached to an aromatic ring is 1. The second-order valence-corrected chi connectivity index (χ2v) is 14.1. The number of rotatable bonds is 13. The number of benzene rings is 2. The summed E-state index contributed by atoms with van der Waals surface area (Å²) in [4.78, 5) is 75.6. The van der Waals surface area contributed by atoms with Crippen LogP contribution in [-0.2, 0) is 43.0 Å². The number of β-lactam (4-membered cyclic amide) rings is 1. The summed E-state index contributed by atoms with van der Waals surface area (Å²) >= 11 is 2.34. The van der Waals surface area contributed by atoms with Crippen molar-refractivity contribution in [1.29, 1.82) is 0 Å². The molecule has 0 bridgehead atoms. The molecule has 14 nitrogen and oxygen atoms in total. The lowest BCUT2D eigenvalue weighted by Gasteiger charge is -2.49. The van der Waals surface area contributed by atoms with Crippen molar-refractivity contribution in [2.24, 2.45) is 10.6 Å². The maximum Gasteiger partial charge on any atom is 0.358 e. The molecule has 0 spiro atoms. The van der Waals surface area contributed by atoms with Gasteiger partial charge in [0.05, 0.1) is 5.41 Å². The van der Waals surface area contributed by atoms with E-state index in [1.807, 2.05) is 60.7 Å². The average Bonchev–Trinajstić information content (AvgIpc) is 3.56. The van der Waals surface area contributed by atoms with Crippen LogP contribution in [0.25, 0.3) is 0 Å². The third-order valence-electron chi connectivity index (χ3n) is 7.49. The lowest BCUT2D eigenvalue weighted by Crippen LogP contribution is -2.71. The molecule has 0 saturated carbocycles. The summed E-state index contributed by atoms with van der Waals surface area (Å²) in [7, 11) is 0. The molecule has 1 saturated heterocycles. The molecule has 1 unspecified atom stereocenters. The predicted molar refractivity (Wildman–Crippen MR) is 189 cm³/mol. The van der Waals surface area contributed by atoms with Gasteiger partial charge in [0.2, 0.25) is 13.4 Å². The van der Waals surface area contributed by atoms with Crippen LogP contribution < -0.4 is 11.1 Å². The van der Waals surface area contributed by atoms with E-state index in [1.165, 1.54) is 28.1 Å². The van der Waals surface area contributed by atoms with Gasteiger partial charge in [-0.05, 0) is 37.5 Å². The first-order valence-electron chi connectivity index (χ1n) is 15.5. The van der Waals surface area contributed by atoms with Crippen molar-refractivity contribution in [2.45, 2.75) is 38.3 Å². The number of anilines is 1. The Morgan fingerprint density at radius 2 is 1.73 bits per heavy atom. The van der Waals surface area contributed by atoms with E-state index in [-0.39, 0.29) is 28.0 Å². The number of nitrogens with two attached hydrogens (primary N) is 1. The third-order valence-corrected chi connectivity index (χ3v) is 9.46. The van der Waals surface area contributed by atoms with Crippen LogP contribution in [-0.4, -0.2) is 75.9 Å². The number of hydrogen-bond acceptors (Lipinski definition) is 14. The Balaban J connectivity index is 1.25. The SMILES string of the molecule is C=CC1=C(C(=O)OCOC(=O)C(C)(C)C)N2C(=O)C(NC(=O)C(=NOCC(=O)OC(c3ccccc3)c3ccccc3)c3csc(N)n3)[C@H]2SC1. The maximum absolute atomic E-state index is 13.6. The van der Waals surface area contributed by atoms with Crippen LogP contribution in [0, 0.1) is 5.41 Å². The molecule has 1 aromatic heterocycles. The minimum Gasteiger partial charge on any atom is -0.450 e. The number of thiazole rings is 1. The van der Waals surface area contributed by atoms with Gasteiger partial charge in [0.1, 0.15) is 22.8 Å². The number of ether oxygens (including phenoxy) is 3. The number of esters is 3. The zero-order chi connectivity index (χ0) is 36.7. The molecule has 2 aromatic carbocycles. The van der Waals surface area contributed by atoms with E-state index in [2.05, 4.69) is 22.0 Å². The highest BCUT2D eigenvalue weighted by Gasteiger charge is 2.54. The smallest absolute Gasteiger partial charge is 0.358 e. The maximum atomic E-state index is 13.6. The number of carbonyl (C=O) groups is 5. The summed E-state index contributed by atoms with van der Waals surface area (Å²) in [6.45, 7) is 7.39. The van der Waals surface area contributed by atoms with Gasteiger partial charge in [-0.15, -0.1) is 23.1 Å². The van der Waals surface area contributed by atoms with Crippen LogP contribution in [0.4, 0.5) is 5.13 Å². The highest BCUT2D eigenvalue weighted by molar-refractivity contribution is 8.00. The normalized spacial score (nSPS) is 17.2. The second kappa shape index (κ2) is 16.0. The van der Waals surface area contributed by atoms with Gasteiger partial charge in [0.15, 0.2) is 16.9 Å². The van der Waals surface area contributed by atoms with Crippen molar-refractivity contribution < 1.29 is 43.0 Å². The van der Waals surface area contributed by atoms with Crippen molar-refractivity contribution in [3.63, 3.8) is 0 Å². The number of fused-ring (bicyclic) bond motifs is 1. The number of allylic oxidation sites excluding steroid dienone is 1. The van der Waals surface area contributed by atoms with E-state index in [0.717, 1.165) is 22.5 Å². The van der Waals surface area contributed by atoms with Gasteiger partial charge in [-0.2, -0.15) is 0 Å². The minimum atomic E-state index is -1.07. The fourth-order valence-corrected chi connectivity index (χ4v) is 6.81. The molecule has 3 aromatic rings. The van der Waals surface area contributed by atoms with Crippen LogP contribution in [0.15, 0.2) is 95.1 Å². The van der Waals surface area contributed by atoms with E-state index < -0.39 is 66.1 Å². The highest BCUT2D eigenvalue weighted by Crippen LogP contribution is 2.41. The molecule has 266 valence electrons. The average molecular weight is 734 g/mol. The molecule has 3 heterocycles. The van der Waals surface area contributed by atoms with Crippen molar-refractivity contribution in [2.75, 3.05) is 24.9 Å². The van der Waals surface area contributed by atoms with Crippen molar-refractivity contribution in [3.8, 4) is 0 Å². The molecule has 2 aliphatic rings. The number of carbonyl (C=O) groups excluding carboxylic acids is 5. The van der Waals surface area contributed by atoms with Crippen LogP contribution in [0.2, 0.25) is 0 Å². The Morgan fingerprint density at radius 3 is 2.29 bits per heavy atom. The number of oxime groups is 1. The fourth-order valence-electron chi connectivity index (χ4n) is 4.92. The van der Waals surface area contributed by atoms with Gasteiger partial charge in [-0.3, -0.25) is 19.3 Å². The topological polar surface area (TPSA) is 189 Å². The molecular weight excluding hydrogens is 699 g/mol. The van der Waals surface area contributed by atoms with Crippen molar-refractivity contribution >= 4 is 63.7 Å². The zero-order valence-corrected chi connectivity index (χ0v) is 29.5. The third kappa shape index (κ3) is 8.64. The highest BCUT2D eigenvalue weighted by atomic mass is 32.2. The predicted octanol–water partition coefficient (Wildman–Crippen LogP) is 3.71. The Kier molecular flexibility index (Phi) is 11.6. The van der Waals surface area contributed by atoms with E-state index >= 15 is 0 Å². The standard InChI is InChI=1S/C35H35N5O9S2/c1-5-20-17-50-31-26(30(43)40(31)27(20)32(44)46-19-47-33(45)35(2,3)4)38-29(42)25(23-18-51-34(36)37-23)39-48-16-24(41)49-28(21-12-8-6-9-13-21)22-14-10-7-11-15-22/h5-15,18,26,28,31H,1,16-17,19H2,2-4H3,(H2,36,37)(H,38,42)/t26?,31-/m1/s1. The first-order chi connectivity index (χ1) is 24.4. The molecule has 2 aliphatic heterocycles. The molecule has 1 fully saturated rings. The minimum absolute atomic E-state index is 0.0534. The zero-order valence-electron chi connectivity index (χ0n) is 27.9. The Labute approximate surface area is 301 Å². The molecular formula is C35H35N5O9S2.